The zero-order valence-corrected chi connectivity index (χ0v) is 10.1. The third kappa shape index (κ3) is 3.32. The van der Waals surface area contributed by atoms with Gasteiger partial charge >= 0.3 is 0 Å². The molecule has 4 nitrogen and oxygen atoms in total. The minimum atomic E-state index is 0.389. The normalized spacial score (nSPS) is 20.8. The summed E-state index contributed by atoms with van der Waals surface area (Å²) in [7, 11) is 0. The van der Waals surface area contributed by atoms with Crippen LogP contribution in [0.25, 0.3) is 0 Å². The van der Waals surface area contributed by atoms with Crippen LogP contribution < -0.4 is 5.32 Å². The molecule has 1 saturated heterocycles. The van der Waals surface area contributed by atoms with E-state index >= 15 is 0 Å². The van der Waals surface area contributed by atoms with E-state index in [1.807, 2.05) is 6.33 Å². The quantitative estimate of drug-likeness (QED) is 0.823. The minimum absolute atomic E-state index is 0.389. The average Bonchev–Trinajstić information content (AvgIpc) is 2.87. The van der Waals surface area contributed by atoms with Crippen LogP contribution in [0.4, 0.5) is 0 Å². The molecule has 4 heteroatoms. The van der Waals surface area contributed by atoms with Crippen molar-refractivity contribution in [3.63, 3.8) is 0 Å². The summed E-state index contributed by atoms with van der Waals surface area (Å²) in [4.78, 5) is 4.38. The van der Waals surface area contributed by atoms with Crippen molar-refractivity contribution in [2.75, 3.05) is 6.61 Å². The van der Waals surface area contributed by atoms with Gasteiger partial charge in [0, 0.05) is 31.9 Å². The first-order valence-corrected chi connectivity index (χ1v) is 6.09. The standard InChI is InChI=1S/C12H21N3O/c1-10(2)13-6-11-7-15(9-14-11)8-12-4-3-5-16-12/h7,9-10,12-13H,3-6,8H2,1-2H3. The van der Waals surface area contributed by atoms with E-state index in [4.69, 9.17) is 4.74 Å². The summed E-state index contributed by atoms with van der Waals surface area (Å²) in [6, 6.07) is 0.503. The lowest BCUT2D eigenvalue weighted by molar-refractivity contribution is 0.0970. The molecule has 1 N–H and O–H groups in total. The number of ether oxygens (including phenoxy) is 1. The summed E-state index contributed by atoms with van der Waals surface area (Å²) in [5.41, 5.74) is 1.10. The highest BCUT2D eigenvalue weighted by Crippen LogP contribution is 2.14. The first-order chi connectivity index (χ1) is 7.74. The largest absolute Gasteiger partial charge is 0.376 e. The van der Waals surface area contributed by atoms with E-state index in [2.05, 4.69) is 34.9 Å². The van der Waals surface area contributed by atoms with E-state index in [-0.39, 0.29) is 0 Å². The Kier molecular flexibility index (Phi) is 3.96. The number of rotatable bonds is 5. The van der Waals surface area contributed by atoms with Crippen molar-refractivity contribution in [1.29, 1.82) is 0 Å². The molecule has 0 saturated carbocycles. The van der Waals surface area contributed by atoms with Crippen molar-refractivity contribution in [1.82, 2.24) is 14.9 Å². The Bertz CT molecular complexity index is 316. The summed E-state index contributed by atoms with van der Waals surface area (Å²) < 4.78 is 7.73. The highest BCUT2D eigenvalue weighted by Gasteiger charge is 2.15. The summed E-state index contributed by atoms with van der Waals surface area (Å²) in [5.74, 6) is 0. The van der Waals surface area contributed by atoms with Crippen LogP contribution in [0.3, 0.4) is 0 Å². The molecule has 16 heavy (non-hydrogen) atoms. The Morgan fingerprint density at radius 3 is 3.19 bits per heavy atom. The van der Waals surface area contributed by atoms with Crippen LogP contribution in [0.1, 0.15) is 32.4 Å². The van der Waals surface area contributed by atoms with Crippen molar-refractivity contribution in [3.8, 4) is 0 Å². The van der Waals surface area contributed by atoms with Gasteiger partial charge in [-0.05, 0) is 12.8 Å². The van der Waals surface area contributed by atoms with Gasteiger partial charge in [0.2, 0.25) is 0 Å². The van der Waals surface area contributed by atoms with Crippen LogP contribution in [0.15, 0.2) is 12.5 Å². The monoisotopic (exact) mass is 223 g/mol. The zero-order valence-electron chi connectivity index (χ0n) is 10.1. The van der Waals surface area contributed by atoms with Crippen LogP contribution in [0.5, 0.6) is 0 Å². The molecule has 0 aliphatic carbocycles. The smallest absolute Gasteiger partial charge is 0.0950 e. The fourth-order valence-electron chi connectivity index (χ4n) is 1.93. The molecule has 1 atom stereocenters. The zero-order chi connectivity index (χ0) is 11.4. The second-order valence-electron chi connectivity index (χ2n) is 4.73. The van der Waals surface area contributed by atoms with Crippen LogP contribution in [0, 0.1) is 0 Å². The molecule has 2 rings (SSSR count). The second-order valence-corrected chi connectivity index (χ2v) is 4.73. The molecule has 1 unspecified atom stereocenters. The van der Waals surface area contributed by atoms with Crippen LogP contribution in [0.2, 0.25) is 0 Å². The molecule has 0 bridgehead atoms. The van der Waals surface area contributed by atoms with Crippen molar-refractivity contribution in [3.05, 3.63) is 18.2 Å². The van der Waals surface area contributed by atoms with Gasteiger partial charge in [0.1, 0.15) is 0 Å². The van der Waals surface area contributed by atoms with Crippen molar-refractivity contribution in [2.45, 2.75) is 51.9 Å². The molecule has 1 aliphatic heterocycles. The number of hydrogen-bond acceptors (Lipinski definition) is 3. The second kappa shape index (κ2) is 5.46. The molecule has 2 heterocycles. The van der Waals surface area contributed by atoms with Crippen molar-refractivity contribution < 1.29 is 4.74 Å². The Morgan fingerprint density at radius 2 is 2.50 bits per heavy atom. The first-order valence-electron chi connectivity index (χ1n) is 6.09. The Morgan fingerprint density at radius 1 is 1.62 bits per heavy atom. The topological polar surface area (TPSA) is 39.1 Å². The maximum atomic E-state index is 5.60. The van der Waals surface area contributed by atoms with Crippen molar-refractivity contribution >= 4 is 0 Å². The van der Waals surface area contributed by atoms with Gasteiger partial charge in [0.25, 0.3) is 0 Å². The van der Waals surface area contributed by atoms with Crippen LogP contribution in [-0.4, -0.2) is 28.3 Å². The predicted octanol–water partition coefficient (Wildman–Crippen LogP) is 1.56. The maximum Gasteiger partial charge on any atom is 0.0950 e. The number of nitrogens with one attached hydrogen (secondary N) is 1. The van der Waals surface area contributed by atoms with E-state index in [0.717, 1.165) is 25.4 Å². The molecule has 1 aliphatic rings. The summed E-state index contributed by atoms with van der Waals surface area (Å²) >= 11 is 0. The number of hydrogen-bond donors (Lipinski definition) is 1. The number of nitrogens with zero attached hydrogens (tertiary/aromatic N) is 2. The third-order valence-corrected chi connectivity index (χ3v) is 2.82. The molecule has 1 aromatic heterocycles. The summed E-state index contributed by atoms with van der Waals surface area (Å²) in [6.45, 7) is 6.98. The highest BCUT2D eigenvalue weighted by molar-refractivity contribution is 4.96. The van der Waals surface area contributed by atoms with Gasteiger partial charge in [-0.2, -0.15) is 0 Å². The third-order valence-electron chi connectivity index (χ3n) is 2.82. The summed E-state index contributed by atoms with van der Waals surface area (Å²) in [6.07, 6.45) is 6.77. The lowest BCUT2D eigenvalue weighted by Crippen LogP contribution is -2.22. The molecule has 1 aromatic rings. The van der Waals surface area contributed by atoms with E-state index in [1.54, 1.807) is 0 Å². The summed E-state index contributed by atoms with van der Waals surface area (Å²) in [5, 5.41) is 3.36. The van der Waals surface area contributed by atoms with Gasteiger partial charge < -0.3 is 14.6 Å². The first kappa shape index (κ1) is 11.6. The fourth-order valence-corrected chi connectivity index (χ4v) is 1.93. The molecule has 90 valence electrons. The lowest BCUT2D eigenvalue weighted by atomic mass is 10.2. The molecular formula is C12H21N3O. The molecular weight excluding hydrogens is 202 g/mol. The van der Waals surface area contributed by atoms with Gasteiger partial charge in [0.05, 0.1) is 18.1 Å². The van der Waals surface area contributed by atoms with Crippen LogP contribution >= 0.6 is 0 Å². The van der Waals surface area contributed by atoms with Gasteiger partial charge in [0.15, 0.2) is 0 Å². The van der Waals surface area contributed by atoms with E-state index < -0.39 is 0 Å². The number of imidazole rings is 1. The van der Waals surface area contributed by atoms with E-state index in [0.29, 0.717) is 12.1 Å². The molecule has 1 fully saturated rings. The SMILES string of the molecule is CC(C)NCc1cn(CC2CCCO2)cn1. The molecule has 0 aromatic carbocycles. The van der Waals surface area contributed by atoms with Gasteiger partial charge in [-0.1, -0.05) is 13.8 Å². The van der Waals surface area contributed by atoms with Gasteiger partial charge in [-0.25, -0.2) is 4.98 Å². The minimum Gasteiger partial charge on any atom is -0.376 e. The van der Waals surface area contributed by atoms with E-state index in [9.17, 15) is 0 Å². The Balaban J connectivity index is 1.81. The molecule has 0 amide bonds. The fraction of sp³-hybridized carbons (Fsp3) is 0.750. The van der Waals surface area contributed by atoms with Crippen molar-refractivity contribution in [2.24, 2.45) is 0 Å². The lowest BCUT2D eigenvalue weighted by Gasteiger charge is -2.09. The molecule has 0 radical (unpaired) electrons. The van der Waals surface area contributed by atoms with Gasteiger partial charge in [-0.3, -0.25) is 0 Å². The average molecular weight is 223 g/mol. The van der Waals surface area contributed by atoms with Crippen LogP contribution in [-0.2, 0) is 17.8 Å². The van der Waals surface area contributed by atoms with Gasteiger partial charge in [-0.15, -0.1) is 0 Å². The number of aromatic nitrogens is 2. The van der Waals surface area contributed by atoms with E-state index in [1.165, 1.54) is 12.8 Å². The predicted molar refractivity (Wildman–Crippen MR) is 63.2 cm³/mol. The maximum absolute atomic E-state index is 5.60. The molecule has 0 spiro atoms. The Labute approximate surface area is 97.0 Å². The Hall–Kier alpha value is -0.870. The highest BCUT2D eigenvalue weighted by atomic mass is 16.5.